The molecule has 1 atom stereocenters. The second-order valence-corrected chi connectivity index (χ2v) is 5.69. The average molecular weight is 310 g/mol. The van der Waals surface area contributed by atoms with Crippen LogP contribution in [0.2, 0.25) is 0 Å². The molecule has 3 nitrogen and oxygen atoms in total. The lowest BCUT2D eigenvalue weighted by atomic mass is 9.93. The monoisotopic (exact) mass is 310 g/mol. The van der Waals surface area contributed by atoms with E-state index in [1.807, 2.05) is 30.3 Å². The van der Waals surface area contributed by atoms with Crippen LogP contribution in [-0.4, -0.2) is 6.61 Å². The average Bonchev–Trinajstić information content (AvgIpc) is 3.09. The van der Waals surface area contributed by atoms with Gasteiger partial charge in [0.25, 0.3) is 0 Å². The standard InChI is InChI=1S/C19H15FO3/c20-13-8-9-15-14(11-13)17(12-5-2-1-3-6-12)18(19(21)23-15)16-7-4-10-22-16/h1-3,5-6,8-9,11,16H,4,7,10H2. The van der Waals surface area contributed by atoms with E-state index in [4.69, 9.17) is 9.15 Å². The molecule has 1 aliphatic heterocycles. The minimum Gasteiger partial charge on any atom is -0.422 e. The van der Waals surface area contributed by atoms with Crippen molar-refractivity contribution in [3.63, 3.8) is 0 Å². The second-order valence-electron chi connectivity index (χ2n) is 5.69. The molecule has 23 heavy (non-hydrogen) atoms. The quantitative estimate of drug-likeness (QED) is 0.656. The number of hydrogen-bond donors (Lipinski definition) is 0. The summed E-state index contributed by atoms with van der Waals surface area (Å²) >= 11 is 0. The van der Waals surface area contributed by atoms with Crippen LogP contribution in [0.4, 0.5) is 4.39 Å². The summed E-state index contributed by atoms with van der Waals surface area (Å²) < 4.78 is 24.9. The molecule has 0 N–H and O–H groups in total. The number of benzene rings is 2. The molecular weight excluding hydrogens is 295 g/mol. The van der Waals surface area contributed by atoms with Gasteiger partial charge in [-0.15, -0.1) is 0 Å². The minimum atomic E-state index is -0.408. The highest BCUT2D eigenvalue weighted by Crippen LogP contribution is 2.38. The summed E-state index contributed by atoms with van der Waals surface area (Å²) in [5.74, 6) is -0.359. The summed E-state index contributed by atoms with van der Waals surface area (Å²) in [6, 6.07) is 13.7. The van der Waals surface area contributed by atoms with Crippen molar-refractivity contribution in [2.45, 2.75) is 18.9 Å². The first-order chi connectivity index (χ1) is 11.2. The molecule has 4 rings (SSSR count). The van der Waals surface area contributed by atoms with Gasteiger partial charge in [-0.1, -0.05) is 30.3 Å². The maximum Gasteiger partial charge on any atom is 0.342 e. The normalized spacial score (nSPS) is 17.7. The largest absolute Gasteiger partial charge is 0.422 e. The van der Waals surface area contributed by atoms with Crippen LogP contribution in [0, 0.1) is 5.82 Å². The van der Waals surface area contributed by atoms with Crippen LogP contribution in [0.25, 0.3) is 22.1 Å². The Balaban J connectivity index is 2.10. The molecule has 1 aromatic heterocycles. The summed E-state index contributed by atoms with van der Waals surface area (Å²) in [6.45, 7) is 0.625. The number of fused-ring (bicyclic) bond motifs is 1. The SMILES string of the molecule is O=c1oc2ccc(F)cc2c(-c2ccccc2)c1C1CCCO1. The van der Waals surface area contributed by atoms with Gasteiger partial charge in [-0.05, 0) is 36.6 Å². The first-order valence-corrected chi connectivity index (χ1v) is 7.67. The summed E-state index contributed by atoms with van der Waals surface area (Å²) in [7, 11) is 0. The molecule has 0 radical (unpaired) electrons. The first kappa shape index (κ1) is 14.2. The molecule has 0 spiro atoms. The third-order valence-electron chi connectivity index (χ3n) is 4.22. The molecule has 1 saturated heterocycles. The molecule has 3 aromatic rings. The van der Waals surface area contributed by atoms with E-state index in [0.29, 0.717) is 28.7 Å². The van der Waals surface area contributed by atoms with Gasteiger partial charge in [0.05, 0.1) is 11.7 Å². The Morgan fingerprint density at radius 3 is 2.65 bits per heavy atom. The van der Waals surface area contributed by atoms with Crippen molar-refractivity contribution in [2.75, 3.05) is 6.61 Å². The van der Waals surface area contributed by atoms with Crippen molar-refractivity contribution in [1.29, 1.82) is 0 Å². The molecule has 0 saturated carbocycles. The van der Waals surface area contributed by atoms with Crippen LogP contribution in [0.1, 0.15) is 24.5 Å². The van der Waals surface area contributed by atoms with Crippen molar-refractivity contribution in [3.8, 4) is 11.1 Å². The fourth-order valence-corrected chi connectivity index (χ4v) is 3.20. The topological polar surface area (TPSA) is 39.4 Å². The predicted octanol–water partition coefficient (Wildman–Crippen LogP) is 4.45. The van der Waals surface area contributed by atoms with Crippen LogP contribution in [0.3, 0.4) is 0 Å². The van der Waals surface area contributed by atoms with Gasteiger partial charge in [0.1, 0.15) is 11.4 Å². The molecule has 0 aliphatic carbocycles. The molecule has 2 heterocycles. The Bertz CT molecular complexity index is 909. The van der Waals surface area contributed by atoms with Crippen LogP contribution in [-0.2, 0) is 4.74 Å². The van der Waals surface area contributed by atoms with Gasteiger partial charge in [-0.3, -0.25) is 0 Å². The molecular formula is C19H15FO3. The number of hydrogen-bond acceptors (Lipinski definition) is 3. The van der Waals surface area contributed by atoms with E-state index in [-0.39, 0.29) is 11.9 Å². The molecule has 1 fully saturated rings. The Morgan fingerprint density at radius 2 is 1.91 bits per heavy atom. The van der Waals surface area contributed by atoms with Gasteiger partial charge >= 0.3 is 5.63 Å². The number of rotatable bonds is 2. The Hall–Kier alpha value is -2.46. The maximum atomic E-state index is 13.8. The smallest absolute Gasteiger partial charge is 0.342 e. The highest BCUT2D eigenvalue weighted by Gasteiger charge is 2.27. The molecule has 1 unspecified atom stereocenters. The Kier molecular flexibility index (Phi) is 3.46. The molecule has 2 aromatic carbocycles. The number of halogens is 1. The number of ether oxygens (including phenoxy) is 1. The molecule has 0 amide bonds. The van der Waals surface area contributed by atoms with Crippen molar-refractivity contribution < 1.29 is 13.5 Å². The Morgan fingerprint density at radius 1 is 1.09 bits per heavy atom. The first-order valence-electron chi connectivity index (χ1n) is 7.67. The zero-order valence-corrected chi connectivity index (χ0v) is 12.4. The zero-order valence-electron chi connectivity index (χ0n) is 12.4. The van der Waals surface area contributed by atoms with Crippen molar-refractivity contribution in [3.05, 3.63) is 70.3 Å². The van der Waals surface area contributed by atoms with E-state index < -0.39 is 5.63 Å². The van der Waals surface area contributed by atoms with Gasteiger partial charge in [-0.25, -0.2) is 9.18 Å². The van der Waals surface area contributed by atoms with E-state index in [2.05, 4.69) is 0 Å². The van der Waals surface area contributed by atoms with Crippen molar-refractivity contribution in [2.24, 2.45) is 0 Å². The molecule has 4 heteroatoms. The lowest BCUT2D eigenvalue weighted by molar-refractivity contribution is 0.110. The summed E-state index contributed by atoms with van der Waals surface area (Å²) in [6.07, 6.45) is 1.37. The second kappa shape index (κ2) is 5.63. The van der Waals surface area contributed by atoms with Gasteiger partial charge in [0.15, 0.2) is 0 Å². The van der Waals surface area contributed by atoms with E-state index in [1.54, 1.807) is 0 Å². The van der Waals surface area contributed by atoms with E-state index in [9.17, 15) is 9.18 Å². The molecule has 1 aliphatic rings. The summed E-state index contributed by atoms with van der Waals surface area (Å²) in [4.78, 5) is 12.6. The Labute approximate surface area is 132 Å². The van der Waals surface area contributed by atoms with Crippen LogP contribution < -0.4 is 5.63 Å². The van der Waals surface area contributed by atoms with E-state index in [0.717, 1.165) is 18.4 Å². The van der Waals surface area contributed by atoms with Gasteiger partial charge in [0, 0.05) is 17.6 Å². The zero-order chi connectivity index (χ0) is 15.8. The van der Waals surface area contributed by atoms with Gasteiger partial charge < -0.3 is 9.15 Å². The molecule has 0 bridgehead atoms. The summed E-state index contributed by atoms with van der Waals surface area (Å²) in [5.41, 5.74) is 2.04. The van der Waals surface area contributed by atoms with Gasteiger partial charge in [-0.2, -0.15) is 0 Å². The highest BCUT2D eigenvalue weighted by molar-refractivity contribution is 5.95. The van der Waals surface area contributed by atoms with Crippen LogP contribution >= 0.6 is 0 Å². The minimum absolute atomic E-state index is 0.297. The van der Waals surface area contributed by atoms with Gasteiger partial charge in [0.2, 0.25) is 0 Å². The van der Waals surface area contributed by atoms with E-state index in [1.165, 1.54) is 18.2 Å². The highest BCUT2D eigenvalue weighted by atomic mass is 19.1. The lowest BCUT2D eigenvalue weighted by Gasteiger charge is -2.16. The third kappa shape index (κ3) is 2.45. The van der Waals surface area contributed by atoms with Crippen molar-refractivity contribution in [1.82, 2.24) is 0 Å². The van der Waals surface area contributed by atoms with Crippen LogP contribution in [0.15, 0.2) is 57.7 Å². The lowest BCUT2D eigenvalue weighted by Crippen LogP contribution is -2.14. The summed E-state index contributed by atoms with van der Waals surface area (Å²) in [5, 5.41) is 0.598. The molecule has 116 valence electrons. The maximum absolute atomic E-state index is 13.8. The van der Waals surface area contributed by atoms with E-state index >= 15 is 0 Å². The fourth-order valence-electron chi connectivity index (χ4n) is 3.20. The fraction of sp³-hybridized carbons (Fsp3) is 0.211. The van der Waals surface area contributed by atoms with Crippen LogP contribution in [0.5, 0.6) is 0 Å². The van der Waals surface area contributed by atoms with Crippen molar-refractivity contribution >= 4 is 11.0 Å². The predicted molar refractivity (Wildman–Crippen MR) is 85.8 cm³/mol. The third-order valence-corrected chi connectivity index (χ3v) is 4.22.